The molecule has 1 heterocycles. The van der Waals surface area contributed by atoms with Crippen LogP contribution in [0, 0.1) is 0 Å². The van der Waals surface area contributed by atoms with Crippen LogP contribution in [0.1, 0.15) is 51.9 Å². The molecule has 0 atom stereocenters. The van der Waals surface area contributed by atoms with Gasteiger partial charge in [-0.1, -0.05) is 39.0 Å². The van der Waals surface area contributed by atoms with E-state index in [1.807, 2.05) is 0 Å². The first-order valence-electron chi connectivity index (χ1n) is 7.40. The molecule has 0 spiro atoms. The molecule has 110 valence electrons. The topological polar surface area (TPSA) is 7.12 Å². The molecule has 0 aliphatic heterocycles. The summed E-state index contributed by atoms with van der Waals surface area (Å²) >= 11 is 0. The summed E-state index contributed by atoms with van der Waals surface area (Å²) in [7, 11) is 4.16. The molecule has 3 heteroatoms. The minimum Gasteiger partial charge on any atom is -1.00 e. The molecule has 0 amide bonds. The van der Waals surface area contributed by atoms with Gasteiger partial charge in [0.1, 0.15) is 6.54 Å². The van der Waals surface area contributed by atoms with Crippen molar-refractivity contribution in [3.63, 3.8) is 0 Å². The number of unbranched alkanes of at least 4 members (excludes halogenated alkanes) is 6. The van der Waals surface area contributed by atoms with Gasteiger partial charge < -0.3 is 21.9 Å². The van der Waals surface area contributed by atoms with Gasteiger partial charge in [-0.15, -0.1) is 0 Å². The maximum absolute atomic E-state index is 2.29. The molecule has 0 aliphatic carbocycles. The molecule has 0 fully saturated rings. The maximum atomic E-state index is 2.29. The van der Waals surface area contributed by atoms with Gasteiger partial charge >= 0.3 is 0 Å². The fourth-order valence-electron chi connectivity index (χ4n) is 2.15. The highest BCUT2D eigenvalue weighted by Crippen LogP contribution is 2.08. The predicted molar refractivity (Wildman–Crippen MR) is 79.0 cm³/mol. The number of hydrogen-bond acceptors (Lipinski definition) is 1. The molecule has 0 saturated carbocycles. The Hall–Kier alpha value is -0.570. The van der Waals surface area contributed by atoms with E-state index in [9.17, 15) is 0 Å². The van der Waals surface area contributed by atoms with Gasteiger partial charge in [0.15, 0.2) is 12.4 Å². The van der Waals surface area contributed by atoms with Crippen molar-refractivity contribution in [3.8, 4) is 0 Å². The summed E-state index contributed by atoms with van der Waals surface area (Å²) in [5.41, 5.74) is 1.27. The van der Waals surface area contributed by atoms with Gasteiger partial charge in [0.25, 0.3) is 0 Å². The van der Waals surface area contributed by atoms with Gasteiger partial charge in [-0.3, -0.25) is 0 Å². The van der Waals surface area contributed by atoms with Crippen LogP contribution in [0.2, 0.25) is 0 Å². The highest BCUT2D eigenvalue weighted by atomic mass is 79.9. The number of aromatic nitrogens is 1. The molecule has 0 N–H and O–H groups in total. The van der Waals surface area contributed by atoms with Crippen LogP contribution < -0.4 is 26.4 Å². The van der Waals surface area contributed by atoms with Crippen LogP contribution in [0.4, 0.5) is 5.69 Å². The van der Waals surface area contributed by atoms with Crippen LogP contribution in [0.15, 0.2) is 24.5 Å². The normalized spacial score (nSPS) is 10.1. The Morgan fingerprint density at radius 2 is 1.42 bits per heavy atom. The third-order valence-electron chi connectivity index (χ3n) is 3.41. The van der Waals surface area contributed by atoms with Gasteiger partial charge in [0, 0.05) is 38.3 Å². The summed E-state index contributed by atoms with van der Waals surface area (Å²) in [6.07, 6.45) is 14.0. The third kappa shape index (κ3) is 8.25. The Balaban J connectivity index is 0.00000324. The number of pyridine rings is 1. The highest BCUT2D eigenvalue weighted by Gasteiger charge is 2.01. The summed E-state index contributed by atoms with van der Waals surface area (Å²) in [4.78, 5) is 2.14. The molecule has 1 aromatic rings. The predicted octanol–water partition coefficient (Wildman–Crippen LogP) is 0.795. The zero-order chi connectivity index (χ0) is 13.2. The van der Waals surface area contributed by atoms with Crippen molar-refractivity contribution in [1.82, 2.24) is 0 Å². The van der Waals surface area contributed by atoms with Crippen molar-refractivity contribution >= 4 is 5.69 Å². The lowest BCUT2D eigenvalue weighted by atomic mass is 10.1. The summed E-state index contributed by atoms with van der Waals surface area (Å²) < 4.78 is 2.29. The molecule has 0 saturated heterocycles. The highest BCUT2D eigenvalue weighted by molar-refractivity contribution is 5.41. The molecule has 0 radical (unpaired) electrons. The van der Waals surface area contributed by atoms with Crippen molar-refractivity contribution in [2.45, 2.75) is 58.4 Å². The van der Waals surface area contributed by atoms with Crippen molar-refractivity contribution < 1.29 is 21.5 Å². The van der Waals surface area contributed by atoms with E-state index < -0.39 is 0 Å². The standard InChI is InChI=1S/C16H29N2.BrH/c1-4-5-6-7-8-9-10-13-18-14-11-16(12-15-18)17(2)3;/h11-12,14-15H,4-10,13H2,1-3H3;1H/q+1;/p-1. The van der Waals surface area contributed by atoms with E-state index >= 15 is 0 Å². The average molecular weight is 329 g/mol. The summed E-state index contributed by atoms with van der Waals surface area (Å²) in [6.45, 7) is 3.43. The fraction of sp³-hybridized carbons (Fsp3) is 0.688. The van der Waals surface area contributed by atoms with Gasteiger partial charge in [0.05, 0.1) is 0 Å². The minimum atomic E-state index is 0. The van der Waals surface area contributed by atoms with Crippen molar-refractivity contribution in [3.05, 3.63) is 24.5 Å². The van der Waals surface area contributed by atoms with Crippen LogP contribution in [0.5, 0.6) is 0 Å². The second-order valence-corrected chi connectivity index (χ2v) is 5.31. The molecule has 0 unspecified atom stereocenters. The molecular weight excluding hydrogens is 300 g/mol. The first-order valence-corrected chi connectivity index (χ1v) is 7.40. The Morgan fingerprint density at radius 3 is 1.95 bits per heavy atom. The van der Waals surface area contributed by atoms with Gasteiger partial charge in [-0.05, 0) is 6.42 Å². The zero-order valence-electron chi connectivity index (χ0n) is 12.7. The van der Waals surface area contributed by atoms with E-state index in [1.54, 1.807) is 0 Å². The largest absolute Gasteiger partial charge is 1.00 e. The summed E-state index contributed by atoms with van der Waals surface area (Å²) in [5.74, 6) is 0. The quantitative estimate of drug-likeness (QED) is 0.480. The third-order valence-corrected chi connectivity index (χ3v) is 3.41. The second-order valence-electron chi connectivity index (χ2n) is 5.31. The lowest BCUT2D eigenvalue weighted by Gasteiger charge is -2.10. The molecule has 19 heavy (non-hydrogen) atoms. The molecule has 0 bridgehead atoms. The summed E-state index contributed by atoms with van der Waals surface area (Å²) in [5, 5.41) is 0. The van der Waals surface area contributed by atoms with Crippen LogP contribution in [0.3, 0.4) is 0 Å². The lowest BCUT2D eigenvalue weighted by molar-refractivity contribution is -0.697. The molecule has 1 aromatic heterocycles. The van der Waals surface area contributed by atoms with E-state index in [0.717, 1.165) is 6.54 Å². The van der Waals surface area contributed by atoms with Crippen LogP contribution in [-0.2, 0) is 6.54 Å². The smallest absolute Gasteiger partial charge is 0.170 e. The second kappa shape index (κ2) is 11.3. The first-order chi connectivity index (χ1) is 8.74. The van der Waals surface area contributed by atoms with Gasteiger partial charge in [-0.25, -0.2) is 4.57 Å². The van der Waals surface area contributed by atoms with E-state index in [4.69, 9.17) is 0 Å². The number of nitrogens with zero attached hydrogens (tertiary/aromatic N) is 2. The zero-order valence-corrected chi connectivity index (χ0v) is 14.3. The molecule has 0 aromatic carbocycles. The maximum Gasteiger partial charge on any atom is 0.170 e. The van der Waals surface area contributed by atoms with Crippen molar-refractivity contribution in [1.29, 1.82) is 0 Å². The van der Waals surface area contributed by atoms with Crippen molar-refractivity contribution in [2.24, 2.45) is 0 Å². The molecule has 1 rings (SSSR count). The average Bonchev–Trinajstić information content (AvgIpc) is 2.38. The Labute approximate surface area is 129 Å². The number of hydrogen-bond donors (Lipinski definition) is 0. The van der Waals surface area contributed by atoms with E-state index in [-0.39, 0.29) is 17.0 Å². The molecular formula is C16H29BrN2. The monoisotopic (exact) mass is 328 g/mol. The lowest BCUT2D eigenvalue weighted by Crippen LogP contribution is -3.00. The summed E-state index contributed by atoms with van der Waals surface area (Å²) in [6, 6.07) is 4.36. The van der Waals surface area contributed by atoms with Crippen LogP contribution in [-0.4, -0.2) is 14.1 Å². The van der Waals surface area contributed by atoms with E-state index in [0.29, 0.717) is 0 Å². The Bertz CT molecular complexity index is 309. The molecule has 0 aliphatic rings. The minimum absolute atomic E-state index is 0. The van der Waals surface area contributed by atoms with Gasteiger partial charge in [0.2, 0.25) is 0 Å². The van der Waals surface area contributed by atoms with E-state index in [1.165, 1.54) is 50.6 Å². The number of anilines is 1. The van der Waals surface area contributed by atoms with Crippen LogP contribution >= 0.6 is 0 Å². The van der Waals surface area contributed by atoms with Crippen LogP contribution in [0.25, 0.3) is 0 Å². The van der Waals surface area contributed by atoms with Gasteiger partial charge in [-0.2, -0.15) is 0 Å². The first kappa shape index (κ1) is 18.4. The number of aryl methyl sites for hydroxylation is 1. The van der Waals surface area contributed by atoms with E-state index in [2.05, 4.69) is 55.0 Å². The fourth-order valence-corrected chi connectivity index (χ4v) is 2.15. The number of rotatable bonds is 9. The Kier molecular flexibility index (Phi) is 10.9. The Morgan fingerprint density at radius 1 is 0.895 bits per heavy atom. The molecule has 2 nitrogen and oxygen atoms in total. The van der Waals surface area contributed by atoms with Crippen molar-refractivity contribution in [2.75, 3.05) is 19.0 Å². The SMILES string of the molecule is CCCCCCCCC[n+]1ccc(N(C)C)cc1.[Br-]. The number of halogens is 1.